The van der Waals surface area contributed by atoms with E-state index in [2.05, 4.69) is 15.2 Å². The van der Waals surface area contributed by atoms with Gasteiger partial charge in [-0.2, -0.15) is 13.2 Å². The first-order valence-corrected chi connectivity index (χ1v) is 15.2. The van der Waals surface area contributed by atoms with Crippen LogP contribution in [0.1, 0.15) is 42.5 Å². The maximum atomic E-state index is 14.1. The summed E-state index contributed by atoms with van der Waals surface area (Å²) in [5, 5.41) is 3.19. The molecule has 3 heterocycles. The third-order valence-electron chi connectivity index (χ3n) is 9.67. The van der Waals surface area contributed by atoms with Crippen molar-refractivity contribution in [3.8, 4) is 0 Å². The van der Waals surface area contributed by atoms with Gasteiger partial charge in [-0.15, -0.1) is 0 Å². The van der Waals surface area contributed by atoms with E-state index in [0.29, 0.717) is 25.3 Å². The molecule has 0 radical (unpaired) electrons. The maximum Gasteiger partial charge on any atom is 0.416 e. The number of para-hydroxylation sites is 1. The van der Waals surface area contributed by atoms with Crippen LogP contribution in [0.5, 0.6) is 0 Å². The Balaban J connectivity index is 1.28. The number of fused-ring (bicyclic) bond motifs is 2. The molecule has 2 bridgehead atoms. The minimum atomic E-state index is -4.62. The Morgan fingerprint density at radius 2 is 1.87 bits per heavy atom. The molecule has 1 saturated heterocycles. The number of pyridine rings is 1. The summed E-state index contributed by atoms with van der Waals surface area (Å²) in [4.78, 5) is 51.4. The lowest BCUT2D eigenvalue weighted by atomic mass is 9.39. The molecule has 0 spiro atoms. The molecule has 1 aromatic carbocycles. The number of nitrogens with one attached hydrogen (secondary N) is 1. The van der Waals surface area contributed by atoms with Crippen LogP contribution in [0.2, 0.25) is 0 Å². The van der Waals surface area contributed by atoms with Gasteiger partial charge >= 0.3 is 6.18 Å². The SMILES string of the molecule is Cc1cc(C(F)(F)F)cc(N2C(=O)C[C@@H]3CN(CC45CC(NC(=O)/C=C/CN(C)C)(C4)C5)c4c(C)cccc4N(C)C(=O)[C@H]32)n1. The summed E-state index contributed by atoms with van der Waals surface area (Å²) < 4.78 is 41.2. The highest BCUT2D eigenvalue weighted by Gasteiger charge is 2.68. The van der Waals surface area contributed by atoms with Crippen LogP contribution in [-0.4, -0.2) is 80.0 Å². The second-order valence-corrected chi connectivity index (χ2v) is 13.7. The molecular formula is C33H39F3N6O3. The van der Waals surface area contributed by atoms with Crippen LogP contribution >= 0.6 is 0 Å². The maximum absolute atomic E-state index is 14.1. The standard InChI is InChI=1S/C33H39F3N6O3/c1-20-8-6-9-24-28(20)41(19-31-16-32(17-31,18-31)38-26(43)10-7-11-39(3)4)15-22-13-27(44)42(29(22)30(45)40(24)5)25-14-23(33(34,35)36)12-21(2)37-25/h6-10,12,14,22,29H,11,13,15-19H2,1-5H3,(H,38,43)/b10-7+/t22-,29+,31?,32?/m1/s1. The number of likely N-dealkylation sites (N-methyl/N-ethyl adjacent to an activating group) is 2. The van der Waals surface area contributed by atoms with Crippen molar-refractivity contribution >= 4 is 34.9 Å². The van der Waals surface area contributed by atoms with Gasteiger partial charge in [-0.3, -0.25) is 19.3 Å². The van der Waals surface area contributed by atoms with Crippen molar-refractivity contribution in [1.82, 2.24) is 15.2 Å². The number of benzene rings is 1. The third-order valence-corrected chi connectivity index (χ3v) is 9.67. The highest BCUT2D eigenvalue weighted by Crippen LogP contribution is 2.67. The van der Waals surface area contributed by atoms with E-state index in [1.54, 1.807) is 13.1 Å². The first-order valence-electron chi connectivity index (χ1n) is 15.2. The number of hydrogen-bond donors (Lipinski definition) is 1. The average molecular weight is 625 g/mol. The van der Waals surface area contributed by atoms with Crippen molar-refractivity contribution in [3.63, 3.8) is 0 Å². The highest BCUT2D eigenvalue weighted by atomic mass is 19.4. The molecule has 2 aliphatic heterocycles. The van der Waals surface area contributed by atoms with E-state index in [1.165, 1.54) is 16.7 Å². The van der Waals surface area contributed by atoms with Crippen LogP contribution in [0.4, 0.5) is 30.4 Å². The smallest absolute Gasteiger partial charge is 0.369 e. The Morgan fingerprint density at radius 3 is 2.53 bits per heavy atom. The van der Waals surface area contributed by atoms with Crippen molar-refractivity contribution in [3.05, 3.63) is 59.3 Å². The van der Waals surface area contributed by atoms with Crippen LogP contribution in [0.3, 0.4) is 0 Å². The normalized spacial score (nSPS) is 27.6. The molecule has 0 unspecified atom stereocenters. The second kappa shape index (κ2) is 10.9. The Hall–Kier alpha value is -3.93. The summed E-state index contributed by atoms with van der Waals surface area (Å²) in [5.74, 6) is -1.49. The summed E-state index contributed by atoms with van der Waals surface area (Å²) >= 11 is 0. The Labute approximate surface area is 261 Å². The topological polar surface area (TPSA) is 89.1 Å². The van der Waals surface area contributed by atoms with E-state index in [9.17, 15) is 27.6 Å². The van der Waals surface area contributed by atoms with E-state index in [-0.39, 0.29) is 40.7 Å². The lowest BCUT2D eigenvalue weighted by Crippen LogP contribution is -2.77. The van der Waals surface area contributed by atoms with Crippen molar-refractivity contribution in [1.29, 1.82) is 0 Å². The second-order valence-electron chi connectivity index (χ2n) is 13.7. The molecule has 2 atom stereocenters. The Kier molecular flexibility index (Phi) is 7.49. The number of amides is 3. The number of nitrogens with zero attached hydrogens (tertiary/aromatic N) is 5. The molecule has 3 amide bonds. The zero-order chi connectivity index (χ0) is 32.5. The predicted octanol–water partition coefficient (Wildman–Crippen LogP) is 4.08. The molecule has 5 aliphatic rings. The zero-order valence-electron chi connectivity index (χ0n) is 26.2. The number of anilines is 3. The number of aryl methyl sites for hydroxylation is 2. The van der Waals surface area contributed by atoms with Gasteiger partial charge in [0.15, 0.2) is 0 Å². The molecule has 7 rings (SSSR count). The highest BCUT2D eigenvalue weighted by molar-refractivity contribution is 6.10. The minimum Gasteiger partial charge on any atom is -0.369 e. The first-order chi connectivity index (χ1) is 21.1. The van der Waals surface area contributed by atoms with E-state index in [4.69, 9.17) is 0 Å². The quantitative estimate of drug-likeness (QED) is 0.468. The Morgan fingerprint density at radius 1 is 1.16 bits per heavy atom. The molecule has 9 nitrogen and oxygen atoms in total. The molecule has 1 N–H and O–H groups in total. The molecule has 1 aromatic heterocycles. The van der Waals surface area contributed by atoms with Crippen LogP contribution in [0.15, 0.2) is 42.5 Å². The predicted molar refractivity (Wildman–Crippen MR) is 165 cm³/mol. The van der Waals surface area contributed by atoms with Gasteiger partial charge in [0, 0.05) is 56.3 Å². The van der Waals surface area contributed by atoms with Gasteiger partial charge in [-0.1, -0.05) is 18.2 Å². The zero-order valence-corrected chi connectivity index (χ0v) is 26.2. The average Bonchev–Trinajstić information content (AvgIpc) is 3.23. The van der Waals surface area contributed by atoms with Crippen molar-refractivity contribution in [2.45, 2.75) is 57.3 Å². The fourth-order valence-electron chi connectivity index (χ4n) is 8.02. The van der Waals surface area contributed by atoms with Crippen LogP contribution in [0.25, 0.3) is 0 Å². The van der Waals surface area contributed by atoms with Gasteiger partial charge < -0.3 is 20.0 Å². The fourth-order valence-corrected chi connectivity index (χ4v) is 8.02. The van der Waals surface area contributed by atoms with E-state index < -0.39 is 29.6 Å². The summed E-state index contributed by atoms with van der Waals surface area (Å²) in [5.41, 5.74) is 1.57. The van der Waals surface area contributed by atoms with Gasteiger partial charge in [-0.05, 0) is 76.4 Å². The largest absolute Gasteiger partial charge is 0.416 e. The number of carbonyl (C=O) groups is 3. The monoisotopic (exact) mass is 624 g/mol. The lowest BCUT2D eigenvalue weighted by molar-refractivity contribution is -0.158. The van der Waals surface area contributed by atoms with Crippen LogP contribution in [0, 0.1) is 25.2 Å². The molecule has 12 heteroatoms. The first kappa shape index (κ1) is 31.1. The molecule has 4 fully saturated rings. The molecule has 3 saturated carbocycles. The van der Waals surface area contributed by atoms with Crippen molar-refractivity contribution < 1.29 is 27.6 Å². The number of aromatic nitrogens is 1. The summed E-state index contributed by atoms with van der Waals surface area (Å²) in [6.45, 7) is 5.19. The molecule has 240 valence electrons. The number of halogens is 3. The lowest BCUT2D eigenvalue weighted by Gasteiger charge is -2.71. The Bertz CT molecular complexity index is 1570. The van der Waals surface area contributed by atoms with Gasteiger partial charge in [0.25, 0.3) is 0 Å². The fraction of sp³-hybridized carbons (Fsp3) is 0.515. The van der Waals surface area contributed by atoms with Crippen LogP contribution < -0.4 is 20.0 Å². The molecule has 2 aromatic rings. The summed E-state index contributed by atoms with van der Waals surface area (Å²) in [6.07, 6.45) is 1.34. The summed E-state index contributed by atoms with van der Waals surface area (Å²) in [7, 11) is 5.54. The molecule has 45 heavy (non-hydrogen) atoms. The van der Waals surface area contributed by atoms with Crippen molar-refractivity contribution in [2.24, 2.45) is 11.3 Å². The molecular weight excluding hydrogens is 585 g/mol. The van der Waals surface area contributed by atoms with Crippen LogP contribution in [-0.2, 0) is 20.6 Å². The number of rotatable bonds is 7. The summed E-state index contributed by atoms with van der Waals surface area (Å²) in [6, 6.07) is 6.54. The number of alkyl halides is 3. The van der Waals surface area contributed by atoms with E-state index in [1.807, 2.05) is 50.2 Å². The minimum absolute atomic E-state index is 0.0144. The number of carbonyl (C=O) groups excluding carboxylic acids is 3. The van der Waals surface area contributed by atoms with Gasteiger partial charge in [-0.25, -0.2) is 4.98 Å². The third kappa shape index (κ3) is 5.57. The molecule has 3 aliphatic carbocycles. The van der Waals surface area contributed by atoms with Gasteiger partial charge in [0.05, 0.1) is 16.9 Å². The van der Waals surface area contributed by atoms with E-state index in [0.717, 1.165) is 42.6 Å². The van der Waals surface area contributed by atoms with Gasteiger partial charge in [0.1, 0.15) is 11.9 Å². The van der Waals surface area contributed by atoms with E-state index >= 15 is 0 Å². The van der Waals surface area contributed by atoms with Crippen molar-refractivity contribution in [2.75, 3.05) is 55.5 Å². The van der Waals surface area contributed by atoms with Gasteiger partial charge in [0.2, 0.25) is 17.7 Å². The number of hydrogen-bond acceptors (Lipinski definition) is 6.